The van der Waals surface area contributed by atoms with Gasteiger partial charge in [0.2, 0.25) is 5.91 Å². The van der Waals surface area contributed by atoms with Crippen LogP contribution in [0.15, 0.2) is 36.4 Å². The van der Waals surface area contributed by atoms with Gasteiger partial charge in [0, 0.05) is 11.6 Å². The van der Waals surface area contributed by atoms with Crippen LogP contribution in [0.25, 0.3) is 0 Å². The normalized spacial score (nSPS) is 17.0. The number of nitrogens with one attached hydrogen (secondary N) is 1. The number of carboxylic acid groups (broad SMARTS) is 1. The van der Waals surface area contributed by atoms with Crippen molar-refractivity contribution in [3.8, 4) is 5.75 Å². The van der Waals surface area contributed by atoms with Gasteiger partial charge in [-0.25, -0.2) is 13.6 Å². The molecular formula is C27H31F2N3O5. The number of carbonyl (C=O) groups excluding carboxylic acids is 2. The van der Waals surface area contributed by atoms with Crippen LogP contribution < -0.4 is 15.0 Å². The highest BCUT2D eigenvalue weighted by molar-refractivity contribution is 6.11. The number of ether oxygens (including phenoxy) is 1. The number of rotatable bonds is 8. The Kier molecular flexibility index (Phi) is 7.77. The van der Waals surface area contributed by atoms with Gasteiger partial charge in [-0.2, -0.15) is 0 Å². The van der Waals surface area contributed by atoms with E-state index in [0.717, 1.165) is 49.4 Å². The van der Waals surface area contributed by atoms with Crippen LogP contribution >= 0.6 is 0 Å². The summed E-state index contributed by atoms with van der Waals surface area (Å²) in [7, 11) is 0. The predicted molar refractivity (Wildman–Crippen MR) is 132 cm³/mol. The molecule has 2 aromatic carbocycles. The van der Waals surface area contributed by atoms with E-state index in [2.05, 4.69) is 5.32 Å². The molecule has 0 radical (unpaired) electrons. The molecule has 0 unspecified atom stereocenters. The van der Waals surface area contributed by atoms with E-state index in [1.165, 1.54) is 30.9 Å². The number of anilines is 1. The number of hydrogen-bond acceptors (Lipinski definition) is 5. The van der Waals surface area contributed by atoms with Crippen LogP contribution in [0.2, 0.25) is 0 Å². The minimum atomic E-state index is -1.69. The molecule has 2 aromatic rings. The number of piperidine rings is 1. The Labute approximate surface area is 214 Å². The molecule has 2 N–H and O–H groups in total. The van der Waals surface area contributed by atoms with Gasteiger partial charge in [-0.05, 0) is 76.4 Å². The second-order valence-electron chi connectivity index (χ2n) is 9.98. The molecule has 0 aliphatic carbocycles. The average molecular weight is 516 g/mol. The van der Waals surface area contributed by atoms with Crippen molar-refractivity contribution in [2.75, 3.05) is 31.1 Å². The highest BCUT2D eigenvalue weighted by Crippen LogP contribution is 2.34. The fourth-order valence-corrected chi connectivity index (χ4v) is 4.66. The molecule has 2 amide bonds. The van der Waals surface area contributed by atoms with Crippen molar-refractivity contribution in [1.29, 1.82) is 0 Å². The second kappa shape index (κ2) is 10.8. The Balaban J connectivity index is 1.66. The summed E-state index contributed by atoms with van der Waals surface area (Å²) in [5, 5.41) is 13.1. The zero-order valence-electron chi connectivity index (χ0n) is 20.9. The van der Waals surface area contributed by atoms with E-state index in [4.69, 9.17) is 4.74 Å². The summed E-state index contributed by atoms with van der Waals surface area (Å²) >= 11 is 0. The Morgan fingerprint density at radius 2 is 1.86 bits per heavy atom. The van der Waals surface area contributed by atoms with Crippen LogP contribution in [0.3, 0.4) is 0 Å². The SMILES string of the molecule is CC(C)(C(=O)O)N1CC(=O)N(Cc2ccc(F)cc2F)c2ccc(OCCC3CCNCC3)cc2C1=O. The molecule has 2 aliphatic rings. The number of hydrogen-bond donors (Lipinski definition) is 2. The van der Waals surface area contributed by atoms with Crippen molar-refractivity contribution in [2.45, 2.75) is 45.2 Å². The molecular weight excluding hydrogens is 484 g/mol. The molecule has 4 rings (SSSR count). The number of halogens is 2. The predicted octanol–water partition coefficient (Wildman–Crippen LogP) is 3.59. The van der Waals surface area contributed by atoms with Crippen LogP contribution in [0.1, 0.15) is 49.0 Å². The summed E-state index contributed by atoms with van der Waals surface area (Å²) in [6, 6.07) is 7.73. The van der Waals surface area contributed by atoms with Gasteiger partial charge >= 0.3 is 5.97 Å². The number of fused-ring (bicyclic) bond motifs is 1. The van der Waals surface area contributed by atoms with Gasteiger partial charge < -0.3 is 25.0 Å². The summed E-state index contributed by atoms with van der Waals surface area (Å²) < 4.78 is 33.8. The highest BCUT2D eigenvalue weighted by atomic mass is 19.1. The Hall–Kier alpha value is -3.53. The van der Waals surface area contributed by atoms with Gasteiger partial charge in [-0.3, -0.25) is 9.59 Å². The third-order valence-electron chi connectivity index (χ3n) is 7.12. The second-order valence-corrected chi connectivity index (χ2v) is 9.98. The number of benzene rings is 2. The molecule has 0 aromatic heterocycles. The number of carbonyl (C=O) groups is 3. The molecule has 37 heavy (non-hydrogen) atoms. The van der Waals surface area contributed by atoms with E-state index in [9.17, 15) is 28.3 Å². The summed E-state index contributed by atoms with van der Waals surface area (Å²) in [6.07, 6.45) is 3.00. The first kappa shape index (κ1) is 26.5. The van der Waals surface area contributed by atoms with E-state index in [1.807, 2.05) is 0 Å². The van der Waals surface area contributed by atoms with Crippen molar-refractivity contribution < 1.29 is 33.0 Å². The Bertz CT molecular complexity index is 1200. The standard InChI is InChI=1S/C27H31F2N3O5/c1-27(2,26(35)36)32-16-24(33)31(15-18-3-4-19(28)13-22(18)29)23-6-5-20(14-21(23)25(32)34)37-12-9-17-7-10-30-11-8-17/h3-6,13-14,17,30H,7-12,15-16H2,1-2H3,(H,35,36). The third-order valence-corrected chi connectivity index (χ3v) is 7.12. The number of amides is 2. The van der Waals surface area contributed by atoms with Crippen molar-refractivity contribution in [2.24, 2.45) is 5.92 Å². The molecule has 0 spiro atoms. The molecule has 8 nitrogen and oxygen atoms in total. The minimum Gasteiger partial charge on any atom is -0.494 e. The molecule has 198 valence electrons. The highest BCUT2D eigenvalue weighted by Gasteiger charge is 2.43. The van der Waals surface area contributed by atoms with Crippen molar-refractivity contribution in [3.63, 3.8) is 0 Å². The Morgan fingerprint density at radius 1 is 1.14 bits per heavy atom. The molecule has 1 saturated heterocycles. The largest absolute Gasteiger partial charge is 0.494 e. The number of aliphatic carboxylic acids is 1. The summed E-state index contributed by atoms with van der Waals surface area (Å²) in [4.78, 5) is 41.1. The van der Waals surface area contributed by atoms with E-state index < -0.39 is 41.5 Å². The van der Waals surface area contributed by atoms with Crippen LogP contribution in [0.5, 0.6) is 5.75 Å². The lowest BCUT2D eigenvalue weighted by Crippen LogP contribution is -2.55. The lowest BCUT2D eigenvalue weighted by Gasteiger charge is -2.33. The first-order chi connectivity index (χ1) is 17.6. The molecule has 0 bridgehead atoms. The molecule has 1 fully saturated rings. The van der Waals surface area contributed by atoms with Crippen LogP contribution in [0, 0.1) is 17.6 Å². The zero-order chi connectivity index (χ0) is 26.7. The molecule has 2 aliphatic heterocycles. The van der Waals surface area contributed by atoms with E-state index in [1.54, 1.807) is 12.1 Å². The fourth-order valence-electron chi connectivity index (χ4n) is 4.66. The smallest absolute Gasteiger partial charge is 0.329 e. The van der Waals surface area contributed by atoms with Crippen molar-refractivity contribution in [1.82, 2.24) is 10.2 Å². The summed E-state index contributed by atoms with van der Waals surface area (Å²) in [6.45, 7) is 4.30. The Morgan fingerprint density at radius 3 is 2.54 bits per heavy atom. The molecule has 10 heteroatoms. The quantitative estimate of drug-likeness (QED) is 0.558. The fraction of sp³-hybridized carbons (Fsp3) is 0.444. The average Bonchev–Trinajstić information content (AvgIpc) is 2.96. The van der Waals surface area contributed by atoms with Crippen LogP contribution in [-0.2, 0) is 16.1 Å². The van der Waals surface area contributed by atoms with Gasteiger partial charge in [-0.15, -0.1) is 0 Å². The molecule has 0 saturated carbocycles. The zero-order valence-corrected chi connectivity index (χ0v) is 20.9. The first-order valence-electron chi connectivity index (χ1n) is 12.3. The minimum absolute atomic E-state index is 0.0568. The number of nitrogens with zero attached hydrogens (tertiary/aromatic N) is 2. The lowest BCUT2D eigenvalue weighted by molar-refractivity contribution is -0.148. The number of carboxylic acids is 1. The van der Waals surface area contributed by atoms with Crippen LogP contribution in [0.4, 0.5) is 14.5 Å². The summed E-state index contributed by atoms with van der Waals surface area (Å²) in [5.41, 5.74) is -1.36. The summed E-state index contributed by atoms with van der Waals surface area (Å²) in [5.74, 6) is -3.13. The topological polar surface area (TPSA) is 99.2 Å². The third kappa shape index (κ3) is 5.74. The van der Waals surface area contributed by atoms with E-state index >= 15 is 0 Å². The maximum absolute atomic E-state index is 14.5. The van der Waals surface area contributed by atoms with Gasteiger partial charge in [0.15, 0.2) is 0 Å². The van der Waals surface area contributed by atoms with Gasteiger partial charge in [0.1, 0.15) is 29.5 Å². The monoisotopic (exact) mass is 515 g/mol. The molecule has 2 heterocycles. The van der Waals surface area contributed by atoms with Crippen molar-refractivity contribution >= 4 is 23.5 Å². The first-order valence-corrected chi connectivity index (χ1v) is 12.3. The lowest BCUT2D eigenvalue weighted by atomic mass is 9.95. The van der Waals surface area contributed by atoms with Gasteiger partial charge in [0.25, 0.3) is 5.91 Å². The maximum Gasteiger partial charge on any atom is 0.329 e. The molecule has 0 atom stereocenters. The van der Waals surface area contributed by atoms with E-state index in [0.29, 0.717) is 18.3 Å². The maximum atomic E-state index is 14.5. The van der Waals surface area contributed by atoms with Crippen molar-refractivity contribution in [3.05, 3.63) is 59.2 Å². The van der Waals surface area contributed by atoms with E-state index in [-0.39, 0.29) is 23.4 Å². The van der Waals surface area contributed by atoms with Gasteiger partial charge in [0.05, 0.1) is 24.4 Å². The van der Waals surface area contributed by atoms with Gasteiger partial charge in [-0.1, -0.05) is 6.07 Å². The van der Waals surface area contributed by atoms with Crippen LogP contribution in [-0.4, -0.2) is 59.6 Å².